The number of hydrogen-bond acceptors (Lipinski definition) is 5. The second-order valence-electron chi connectivity index (χ2n) is 6.51. The van der Waals surface area contributed by atoms with Gasteiger partial charge in [0.25, 0.3) is 0 Å². The third-order valence-corrected chi connectivity index (χ3v) is 5.07. The van der Waals surface area contributed by atoms with Gasteiger partial charge in [0.2, 0.25) is 5.91 Å². The number of amides is 1. The molecule has 2 aromatic rings. The van der Waals surface area contributed by atoms with Gasteiger partial charge in [0.1, 0.15) is 0 Å². The quantitative estimate of drug-likeness (QED) is 0.708. The van der Waals surface area contributed by atoms with Gasteiger partial charge in [-0.1, -0.05) is 29.8 Å². The summed E-state index contributed by atoms with van der Waals surface area (Å²) in [6, 6.07) is 12.9. The standard InChI is InChI=1S/C20H24ClN3O3/c1-12(14-6-9-17(26-2)18(10-14)27-3)23-20(25)16-11-22-24-19(16)13-4-7-15(21)8-5-13/h4-10,12,16,19,22,24H,11H2,1-3H3,(H,23,25). The normalized spacial score (nSPS) is 20.1. The molecular formula is C20H24ClN3O3. The number of hydrogen-bond donors (Lipinski definition) is 3. The van der Waals surface area contributed by atoms with Crippen molar-refractivity contribution < 1.29 is 14.3 Å². The SMILES string of the molecule is COc1ccc(C(C)NC(=O)C2CNNC2c2ccc(Cl)cc2)cc1OC. The Morgan fingerprint density at radius 2 is 1.85 bits per heavy atom. The van der Waals surface area contributed by atoms with Crippen molar-refractivity contribution in [2.45, 2.75) is 19.0 Å². The summed E-state index contributed by atoms with van der Waals surface area (Å²) in [6.45, 7) is 2.50. The van der Waals surface area contributed by atoms with Crippen LogP contribution in [0.1, 0.15) is 30.1 Å². The van der Waals surface area contributed by atoms with Gasteiger partial charge in [-0.2, -0.15) is 0 Å². The van der Waals surface area contributed by atoms with Crippen molar-refractivity contribution in [2.24, 2.45) is 5.92 Å². The second kappa shape index (κ2) is 8.61. The van der Waals surface area contributed by atoms with Crippen LogP contribution in [0.4, 0.5) is 0 Å². The summed E-state index contributed by atoms with van der Waals surface area (Å²) in [5.74, 6) is 1.05. The van der Waals surface area contributed by atoms with Gasteiger partial charge in [-0.05, 0) is 42.3 Å². The molecule has 0 aromatic heterocycles. The first-order chi connectivity index (χ1) is 13.0. The Labute approximate surface area is 164 Å². The highest BCUT2D eigenvalue weighted by atomic mass is 35.5. The molecule has 3 rings (SSSR count). The molecule has 144 valence electrons. The molecule has 0 aliphatic carbocycles. The van der Waals surface area contributed by atoms with Crippen LogP contribution < -0.4 is 25.6 Å². The van der Waals surface area contributed by atoms with E-state index in [1.54, 1.807) is 14.2 Å². The van der Waals surface area contributed by atoms with E-state index in [2.05, 4.69) is 16.2 Å². The average Bonchev–Trinajstić information content (AvgIpc) is 3.17. The van der Waals surface area contributed by atoms with E-state index in [0.29, 0.717) is 23.1 Å². The Morgan fingerprint density at radius 1 is 1.15 bits per heavy atom. The Hall–Kier alpha value is -2.28. The Kier molecular flexibility index (Phi) is 6.21. The summed E-state index contributed by atoms with van der Waals surface area (Å²) in [5.41, 5.74) is 8.23. The van der Waals surface area contributed by atoms with E-state index in [0.717, 1.165) is 11.1 Å². The molecule has 1 heterocycles. The Morgan fingerprint density at radius 3 is 2.52 bits per heavy atom. The van der Waals surface area contributed by atoms with E-state index < -0.39 is 0 Å². The maximum absolute atomic E-state index is 12.9. The molecule has 2 aromatic carbocycles. The maximum Gasteiger partial charge on any atom is 0.226 e. The lowest BCUT2D eigenvalue weighted by Gasteiger charge is -2.22. The fourth-order valence-electron chi connectivity index (χ4n) is 3.25. The van der Waals surface area contributed by atoms with Gasteiger partial charge < -0.3 is 14.8 Å². The molecule has 1 aliphatic rings. The van der Waals surface area contributed by atoms with Crippen LogP contribution in [-0.2, 0) is 4.79 Å². The van der Waals surface area contributed by atoms with E-state index in [1.807, 2.05) is 49.4 Å². The van der Waals surface area contributed by atoms with Crippen molar-refractivity contribution in [1.29, 1.82) is 0 Å². The summed E-state index contributed by atoms with van der Waals surface area (Å²) in [6.07, 6.45) is 0. The van der Waals surface area contributed by atoms with Crippen molar-refractivity contribution in [3.05, 3.63) is 58.6 Å². The largest absolute Gasteiger partial charge is 0.493 e. The molecule has 1 fully saturated rings. The number of methoxy groups -OCH3 is 2. The lowest BCUT2D eigenvalue weighted by atomic mass is 9.93. The molecule has 1 saturated heterocycles. The van der Waals surface area contributed by atoms with Crippen LogP contribution in [0.3, 0.4) is 0 Å². The third kappa shape index (κ3) is 4.35. The van der Waals surface area contributed by atoms with Gasteiger partial charge in [0.05, 0.1) is 32.2 Å². The van der Waals surface area contributed by atoms with E-state index in [-0.39, 0.29) is 23.9 Å². The summed E-state index contributed by atoms with van der Waals surface area (Å²) in [5, 5.41) is 3.77. The minimum Gasteiger partial charge on any atom is -0.493 e. The number of ether oxygens (including phenoxy) is 2. The van der Waals surface area contributed by atoms with Crippen LogP contribution in [-0.4, -0.2) is 26.7 Å². The predicted molar refractivity (Wildman–Crippen MR) is 105 cm³/mol. The van der Waals surface area contributed by atoms with E-state index >= 15 is 0 Å². The smallest absolute Gasteiger partial charge is 0.226 e. The molecule has 1 aliphatic heterocycles. The van der Waals surface area contributed by atoms with Crippen LogP contribution in [0.2, 0.25) is 5.02 Å². The first kappa shape index (κ1) is 19.5. The number of benzene rings is 2. The van der Waals surface area contributed by atoms with Crippen molar-refractivity contribution >= 4 is 17.5 Å². The Balaban J connectivity index is 1.71. The number of nitrogens with one attached hydrogen (secondary N) is 3. The molecule has 3 unspecified atom stereocenters. The molecule has 3 N–H and O–H groups in total. The zero-order valence-corrected chi connectivity index (χ0v) is 16.3. The molecule has 0 saturated carbocycles. The molecule has 7 heteroatoms. The van der Waals surface area contributed by atoms with Gasteiger partial charge in [0.15, 0.2) is 11.5 Å². The minimum atomic E-state index is -0.228. The van der Waals surface area contributed by atoms with Crippen molar-refractivity contribution in [1.82, 2.24) is 16.2 Å². The number of hydrazine groups is 1. The van der Waals surface area contributed by atoms with Crippen molar-refractivity contribution in [2.75, 3.05) is 20.8 Å². The molecule has 0 spiro atoms. The van der Waals surface area contributed by atoms with Crippen LogP contribution in [0.15, 0.2) is 42.5 Å². The minimum absolute atomic E-state index is 0.0188. The molecule has 6 nitrogen and oxygen atoms in total. The van der Waals surface area contributed by atoms with Gasteiger partial charge in [-0.15, -0.1) is 0 Å². The maximum atomic E-state index is 12.9. The first-order valence-electron chi connectivity index (χ1n) is 8.79. The number of halogens is 1. The first-order valence-corrected chi connectivity index (χ1v) is 9.17. The highest BCUT2D eigenvalue weighted by Gasteiger charge is 2.34. The molecule has 27 heavy (non-hydrogen) atoms. The van der Waals surface area contributed by atoms with E-state index in [4.69, 9.17) is 21.1 Å². The van der Waals surface area contributed by atoms with Gasteiger partial charge in [-0.25, -0.2) is 5.43 Å². The summed E-state index contributed by atoms with van der Waals surface area (Å²) < 4.78 is 10.6. The van der Waals surface area contributed by atoms with Gasteiger partial charge in [-0.3, -0.25) is 10.2 Å². The fourth-order valence-corrected chi connectivity index (χ4v) is 3.38. The predicted octanol–water partition coefficient (Wildman–Crippen LogP) is 3.00. The third-order valence-electron chi connectivity index (χ3n) is 4.81. The zero-order chi connectivity index (χ0) is 19.4. The molecule has 0 radical (unpaired) electrons. The second-order valence-corrected chi connectivity index (χ2v) is 6.94. The summed E-state index contributed by atoms with van der Waals surface area (Å²) in [4.78, 5) is 12.9. The highest BCUT2D eigenvalue weighted by molar-refractivity contribution is 6.30. The zero-order valence-electron chi connectivity index (χ0n) is 15.6. The monoisotopic (exact) mass is 389 g/mol. The van der Waals surface area contributed by atoms with Crippen molar-refractivity contribution in [3.8, 4) is 11.5 Å². The van der Waals surface area contributed by atoms with E-state index in [1.165, 1.54) is 0 Å². The average molecular weight is 390 g/mol. The molecule has 0 bridgehead atoms. The van der Waals surface area contributed by atoms with Crippen LogP contribution in [0.5, 0.6) is 11.5 Å². The molecule has 1 amide bonds. The van der Waals surface area contributed by atoms with Crippen LogP contribution in [0, 0.1) is 5.92 Å². The Bertz CT molecular complexity index is 798. The molecular weight excluding hydrogens is 366 g/mol. The van der Waals surface area contributed by atoms with E-state index in [9.17, 15) is 4.79 Å². The van der Waals surface area contributed by atoms with Crippen LogP contribution in [0.25, 0.3) is 0 Å². The summed E-state index contributed by atoms with van der Waals surface area (Å²) in [7, 11) is 3.19. The van der Waals surface area contributed by atoms with Gasteiger partial charge in [0, 0.05) is 11.6 Å². The highest BCUT2D eigenvalue weighted by Crippen LogP contribution is 2.31. The number of rotatable bonds is 6. The number of carbonyl (C=O) groups is 1. The van der Waals surface area contributed by atoms with Gasteiger partial charge >= 0.3 is 0 Å². The fraction of sp³-hybridized carbons (Fsp3) is 0.350. The summed E-state index contributed by atoms with van der Waals surface area (Å²) >= 11 is 5.97. The molecule has 3 atom stereocenters. The van der Waals surface area contributed by atoms with Crippen LogP contribution >= 0.6 is 11.6 Å². The topological polar surface area (TPSA) is 71.6 Å². The van der Waals surface area contributed by atoms with Crippen molar-refractivity contribution in [3.63, 3.8) is 0 Å². The lowest BCUT2D eigenvalue weighted by molar-refractivity contribution is -0.125. The lowest BCUT2D eigenvalue weighted by Crippen LogP contribution is -2.36. The number of carbonyl (C=O) groups excluding carboxylic acids is 1.